The van der Waals surface area contributed by atoms with E-state index in [0.717, 1.165) is 0 Å². The van der Waals surface area contributed by atoms with Crippen molar-refractivity contribution in [3.63, 3.8) is 0 Å². The molecule has 0 aromatic heterocycles. The second-order valence-electron chi connectivity index (χ2n) is 5.43. The van der Waals surface area contributed by atoms with Gasteiger partial charge in [-0.3, -0.25) is 19.3 Å². The summed E-state index contributed by atoms with van der Waals surface area (Å²) in [4.78, 5) is 40.8. The van der Waals surface area contributed by atoms with Crippen LogP contribution in [0.5, 0.6) is 0 Å². The molecule has 7 N–H and O–H groups in total. The van der Waals surface area contributed by atoms with Crippen LogP contribution in [0, 0.1) is 0 Å². The van der Waals surface area contributed by atoms with E-state index in [1.165, 1.54) is 4.90 Å². The number of carbonyl (C=O) groups excluding carboxylic acids is 2. The third-order valence-electron chi connectivity index (χ3n) is 3.67. The number of aliphatic imine (C=N–C) groups is 1. The number of rotatable bonds is 9. The molecule has 0 bridgehead atoms. The molecule has 136 valence electrons. The number of carboxylic acids is 1. The van der Waals surface area contributed by atoms with E-state index in [1.807, 2.05) is 0 Å². The summed E-state index contributed by atoms with van der Waals surface area (Å²) in [6, 6.07) is -1.70. The topological polar surface area (TPSA) is 163 Å². The molecule has 10 nitrogen and oxygen atoms in total. The third-order valence-corrected chi connectivity index (χ3v) is 3.82. The number of nitrogens with two attached hydrogens (primary N) is 2. The average molecular weight is 360 g/mol. The zero-order valence-electron chi connectivity index (χ0n) is 13.3. The van der Waals surface area contributed by atoms with E-state index in [-0.39, 0.29) is 31.4 Å². The van der Waals surface area contributed by atoms with Crippen molar-refractivity contribution in [1.82, 2.24) is 14.9 Å². The standard InChI is InChI=1S/C13H24N6O4S/c14-13(15)16-5-1-3-8(12(22)23)18-11(21)9-4-2-6-19(9)10(20)7-17-24/h8-9,17,24H,1-7H2,(H,18,21)(H,22,23)(H4,14,15,16)/t8-,9-/m0/s1. The molecule has 0 aliphatic carbocycles. The normalized spacial score (nSPS) is 18.0. The summed E-state index contributed by atoms with van der Waals surface area (Å²) in [5.41, 5.74) is 10.4. The van der Waals surface area contributed by atoms with Gasteiger partial charge >= 0.3 is 5.97 Å². The SMILES string of the molecule is NC(N)=NCCC[C@H](NC(=O)[C@@H]1CCCN1C(=O)CNS)C(=O)O. The van der Waals surface area contributed by atoms with Crippen LogP contribution in [0.25, 0.3) is 0 Å². The van der Waals surface area contributed by atoms with Crippen LogP contribution < -0.4 is 21.5 Å². The van der Waals surface area contributed by atoms with Crippen LogP contribution >= 0.6 is 12.8 Å². The highest BCUT2D eigenvalue weighted by atomic mass is 32.1. The van der Waals surface area contributed by atoms with Crippen LogP contribution in [-0.2, 0) is 14.4 Å². The number of carboxylic acid groups (broad SMARTS) is 1. The first-order valence-electron chi connectivity index (χ1n) is 7.61. The smallest absolute Gasteiger partial charge is 0.326 e. The number of guanidine groups is 1. The average Bonchev–Trinajstić information content (AvgIpc) is 2.99. The number of likely N-dealkylation sites (tertiary alicyclic amines) is 1. The Morgan fingerprint density at radius 3 is 2.67 bits per heavy atom. The molecule has 1 rings (SSSR count). The molecule has 2 atom stereocenters. The molecule has 1 aliphatic rings. The summed E-state index contributed by atoms with van der Waals surface area (Å²) < 4.78 is 2.45. The Morgan fingerprint density at radius 2 is 2.08 bits per heavy atom. The lowest BCUT2D eigenvalue weighted by molar-refractivity contribution is -0.143. The predicted molar refractivity (Wildman–Crippen MR) is 91.2 cm³/mol. The van der Waals surface area contributed by atoms with Crippen molar-refractivity contribution in [2.45, 2.75) is 37.8 Å². The molecule has 1 saturated heterocycles. The monoisotopic (exact) mass is 360 g/mol. The van der Waals surface area contributed by atoms with Gasteiger partial charge in [0.05, 0.1) is 6.54 Å². The van der Waals surface area contributed by atoms with Gasteiger partial charge in [0.15, 0.2) is 5.96 Å². The van der Waals surface area contributed by atoms with Gasteiger partial charge in [-0.2, -0.15) is 0 Å². The van der Waals surface area contributed by atoms with Gasteiger partial charge in [-0.15, -0.1) is 0 Å². The van der Waals surface area contributed by atoms with Gasteiger partial charge in [0.25, 0.3) is 0 Å². The van der Waals surface area contributed by atoms with E-state index >= 15 is 0 Å². The maximum absolute atomic E-state index is 12.3. The number of carbonyl (C=O) groups is 3. The summed E-state index contributed by atoms with van der Waals surface area (Å²) in [5.74, 6) is -1.92. The fraction of sp³-hybridized carbons (Fsp3) is 0.692. The molecule has 1 heterocycles. The molecule has 0 saturated carbocycles. The second-order valence-corrected chi connectivity index (χ2v) is 5.74. The Kier molecular flexibility index (Phi) is 8.33. The van der Waals surface area contributed by atoms with Gasteiger partial charge in [-0.05, 0) is 25.7 Å². The summed E-state index contributed by atoms with van der Waals surface area (Å²) in [7, 11) is 0. The van der Waals surface area contributed by atoms with Crippen molar-refractivity contribution >= 4 is 36.6 Å². The number of amides is 2. The van der Waals surface area contributed by atoms with Crippen molar-refractivity contribution in [3.8, 4) is 0 Å². The lowest BCUT2D eigenvalue weighted by Crippen LogP contribution is -2.51. The van der Waals surface area contributed by atoms with E-state index < -0.39 is 24.0 Å². The highest BCUT2D eigenvalue weighted by Gasteiger charge is 2.35. The van der Waals surface area contributed by atoms with Gasteiger partial charge in [-0.1, -0.05) is 12.8 Å². The molecule has 0 unspecified atom stereocenters. The number of nitrogens with zero attached hydrogens (tertiary/aromatic N) is 2. The summed E-state index contributed by atoms with van der Waals surface area (Å²) in [6.45, 7) is 0.756. The van der Waals surface area contributed by atoms with Gasteiger partial charge < -0.3 is 26.8 Å². The number of hydrogen-bond acceptors (Lipinski definition) is 6. The van der Waals surface area contributed by atoms with Crippen molar-refractivity contribution in [1.29, 1.82) is 0 Å². The second kappa shape index (κ2) is 9.98. The van der Waals surface area contributed by atoms with Crippen molar-refractivity contribution < 1.29 is 19.5 Å². The van der Waals surface area contributed by atoms with Gasteiger partial charge in [-0.25, -0.2) is 4.79 Å². The van der Waals surface area contributed by atoms with E-state index in [2.05, 4.69) is 27.8 Å². The lowest BCUT2D eigenvalue weighted by Gasteiger charge is -2.25. The molecule has 1 aliphatic heterocycles. The van der Waals surface area contributed by atoms with E-state index in [9.17, 15) is 19.5 Å². The van der Waals surface area contributed by atoms with Gasteiger partial charge in [0.2, 0.25) is 11.8 Å². The minimum Gasteiger partial charge on any atom is -0.480 e. The Balaban J connectivity index is 2.59. The molecular formula is C13H24N6O4S. The van der Waals surface area contributed by atoms with Crippen LogP contribution in [0.3, 0.4) is 0 Å². The van der Waals surface area contributed by atoms with E-state index in [0.29, 0.717) is 25.8 Å². The molecule has 0 spiro atoms. The van der Waals surface area contributed by atoms with E-state index in [1.54, 1.807) is 0 Å². The molecule has 0 aromatic rings. The predicted octanol–water partition coefficient (Wildman–Crippen LogP) is -1.97. The Morgan fingerprint density at radius 1 is 1.38 bits per heavy atom. The Labute approximate surface area is 145 Å². The fourth-order valence-corrected chi connectivity index (χ4v) is 2.67. The highest BCUT2D eigenvalue weighted by Crippen LogP contribution is 2.18. The number of aliphatic carboxylic acids is 1. The van der Waals surface area contributed by atoms with Crippen LogP contribution in [0.15, 0.2) is 4.99 Å². The first-order valence-corrected chi connectivity index (χ1v) is 8.06. The van der Waals surface area contributed by atoms with Crippen LogP contribution in [0.4, 0.5) is 0 Å². The first-order chi connectivity index (χ1) is 11.4. The van der Waals surface area contributed by atoms with Crippen LogP contribution in [0.2, 0.25) is 0 Å². The maximum Gasteiger partial charge on any atom is 0.326 e. The first kappa shape index (κ1) is 20.0. The van der Waals surface area contributed by atoms with Crippen molar-refractivity contribution in [2.75, 3.05) is 19.6 Å². The minimum atomic E-state index is -1.14. The number of hydrogen-bond donors (Lipinski definition) is 6. The van der Waals surface area contributed by atoms with Crippen molar-refractivity contribution in [2.24, 2.45) is 16.5 Å². The molecule has 24 heavy (non-hydrogen) atoms. The zero-order valence-corrected chi connectivity index (χ0v) is 14.2. The highest BCUT2D eigenvalue weighted by molar-refractivity contribution is 7.78. The summed E-state index contributed by atoms with van der Waals surface area (Å²) in [6.07, 6.45) is 1.80. The third kappa shape index (κ3) is 6.24. The number of thiol groups is 1. The van der Waals surface area contributed by atoms with Crippen molar-refractivity contribution in [3.05, 3.63) is 0 Å². The summed E-state index contributed by atoms with van der Waals surface area (Å²) in [5, 5.41) is 11.7. The maximum atomic E-state index is 12.3. The Bertz CT molecular complexity index is 497. The lowest BCUT2D eigenvalue weighted by atomic mass is 10.1. The summed E-state index contributed by atoms with van der Waals surface area (Å²) >= 11 is 3.77. The molecule has 11 heteroatoms. The largest absolute Gasteiger partial charge is 0.480 e. The van der Waals surface area contributed by atoms with Crippen LogP contribution in [0.1, 0.15) is 25.7 Å². The molecular weight excluding hydrogens is 336 g/mol. The molecule has 0 aromatic carbocycles. The Hall–Kier alpha value is -2.01. The van der Waals surface area contributed by atoms with E-state index in [4.69, 9.17) is 11.5 Å². The zero-order chi connectivity index (χ0) is 18.1. The number of nitrogens with one attached hydrogen (secondary N) is 2. The van der Waals surface area contributed by atoms with Crippen LogP contribution in [-0.4, -0.2) is 65.5 Å². The quantitative estimate of drug-likeness (QED) is 0.120. The van der Waals surface area contributed by atoms with Gasteiger partial charge in [0.1, 0.15) is 12.1 Å². The molecule has 1 fully saturated rings. The molecule has 0 radical (unpaired) electrons. The fourth-order valence-electron chi connectivity index (χ4n) is 2.54. The minimum absolute atomic E-state index is 0.00770. The van der Waals surface area contributed by atoms with Gasteiger partial charge in [0, 0.05) is 13.1 Å². The molecule has 2 amide bonds.